The van der Waals surface area contributed by atoms with Gasteiger partial charge in [-0.1, -0.05) is 18.2 Å². The third-order valence-corrected chi connectivity index (χ3v) is 5.39. The van der Waals surface area contributed by atoms with Gasteiger partial charge in [-0.3, -0.25) is 14.1 Å². The van der Waals surface area contributed by atoms with E-state index in [0.29, 0.717) is 24.4 Å². The number of benzene rings is 1. The highest BCUT2D eigenvalue weighted by atomic mass is 127. The van der Waals surface area contributed by atoms with Gasteiger partial charge in [0.1, 0.15) is 0 Å². The minimum Gasteiger partial charge on any atom is -0.356 e. The van der Waals surface area contributed by atoms with Crippen LogP contribution in [0.5, 0.6) is 0 Å². The Morgan fingerprint density at radius 3 is 2.19 bits per heavy atom. The standard InChI is InChI=1S/C19H34N4OS.HI/c1-16(2)23(17(3)4)14-9-12-21-19(20-5)22-13-15-25(24)18-10-7-6-8-11-18;/h6-8,10-11,16-17H,9,12-15H2,1-5H3,(H2,20,21,22);1H. The molecule has 0 aromatic heterocycles. The largest absolute Gasteiger partial charge is 0.356 e. The fourth-order valence-electron chi connectivity index (χ4n) is 2.75. The molecule has 0 bridgehead atoms. The summed E-state index contributed by atoms with van der Waals surface area (Å²) in [6, 6.07) is 10.7. The molecule has 0 amide bonds. The van der Waals surface area contributed by atoms with Crippen LogP contribution in [0.2, 0.25) is 0 Å². The van der Waals surface area contributed by atoms with Gasteiger partial charge in [-0.15, -0.1) is 24.0 Å². The van der Waals surface area contributed by atoms with Gasteiger partial charge in [0.15, 0.2) is 5.96 Å². The molecule has 0 heterocycles. The number of guanidine groups is 1. The van der Waals surface area contributed by atoms with E-state index in [4.69, 9.17) is 0 Å². The van der Waals surface area contributed by atoms with Crippen molar-refractivity contribution in [1.82, 2.24) is 15.5 Å². The van der Waals surface area contributed by atoms with E-state index in [2.05, 4.69) is 48.2 Å². The Kier molecular flexibility index (Phi) is 14.0. The van der Waals surface area contributed by atoms with Crippen molar-refractivity contribution in [2.75, 3.05) is 32.4 Å². The Bertz CT molecular complexity index is 530. The van der Waals surface area contributed by atoms with E-state index in [0.717, 1.165) is 30.4 Å². The summed E-state index contributed by atoms with van der Waals surface area (Å²) in [5.41, 5.74) is 0. The molecule has 0 radical (unpaired) electrons. The van der Waals surface area contributed by atoms with Crippen LogP contribution in [-0.4, -0.2) is 59.6 Å². The average molecular weight is 494 g/mol. The van der Waals surface area contributed by atoms with Crippen LogP contribution in [0.1, 0.15) is 34.1 Å². The second kappa shape index (κ2) is 14.4. The van der Waals surface area contributed by atoms with E-state index in [-0.39, 0.29) is 24.0 Å². The fourth-order valence-corrected chi connectivity index (χ4v) is 3.74. The minimum absolute atomic E-state index is 0. The SMILES string of the molecule is CN=C(NCCCN(C(C)C)C(C)C)NCCS(=O)c1ccccc1.I. The average Bonchev–Trinajstić information content (AvgIpc) is 2.59. The molecule has 1 aromatic carbocycles. The predicted octanol–water partition coefficient (Wildman–Crippen LogP) is 3.09. The molecule has 0 fully saturated rings. The van der Waals surface area contributed by atoms with E-state index in [1.54, 1.807) is 7.05 Å². The molecular weight excluding hydrogens is 459 g/mol. The van der Waals surface area contributed by atoms with Gasteiger partial charge in [-0.05, 0) is 46.2 Å². The zero-order valence-electron chi connectivity index (χ0n) is 16.7. The lowest BCUT2D eigenvalue weighted by Gasteiger charge is -2.30. The molecule has 0 spiro atoms. The van der Waals surface area contributed by atoms with E-state index in [1.165, 1.54) is 0 Å². The fraction of sp³-hybridized carbons (Fsp3) is 0.632. The van der Waals surface area contributed by atoms with Gasteiger partial charge in [0.25, 0.3) is 0 Å². The van der Waals surface area contributed by atoms with Crippen molar-refractivity contribution in [3.8, 4) is 0 Å². The molecule has 7 heteroatoms. The molecule has 1 atom stereocenters. The monoisotopic (exact) mass is 494 g/mol. The summed E-state index contributed by atoms with van der Waals surface area (Å²) in [6.45, 7) is 11.5. The molecule has 2 N–H and O–H groups in total. The lowest BCUT2D eigenvalue weighted by Crippen LogP contribution is -2.42. The molecule has 5 nitrogen and oxygen atoms in total. The molecule has 0 saturated heterocycles. The number of nitrogens with zero attached hydrogens (tertiary/aromatic N) is 2. The first-order valence-corrected chi connectivity index (χ1v) is 10.4. The maximum Gasteiger partial charge on any atom is 0.191 e. The molecule has 0 aliphatic carbocycles. The topological polar surface area (TPSA) is 56.7 Å². The van der Waals surface area contributed by atoms with Crippen LogP contribution in [0.3, 0.4) is 0 Å². The van der Waals surface area contributed by atoms with Crippen molar-refractivity contribution >= 4 is 40.7 Å². The zero-order chi connectivity index (χ0) is 18.7. The van der Waals surface area contributed by atoms with Gasteiger partial charge < -0.3 is 10.6 Å². The van der Waals surface area contributed by atoms with Gasteiger partial charge in [-0.25, -0.2) is 0 Å². The van der Waals surface area contributed by atoms with Gasteiger partial charge in [0.05, 0.1) is 10.8 Å². The number of halogens is 1. The Balaban J connectivity index is 0.00000625. The zero-order valence-corrected chi connectivity index (χ0v) is 19.8. The van der Waals surface area contributed by atoms with E-state index in [9.17, 15) is 4.21 Å². The molecule has 0 saturated carbocycles. The normalized spacial score (nSPS) is 13.0. The lowest BCUT2D eigenvalue weighted by atomic mass is 10.2. The third-order valence-electron chi connectivity index (χ3n) is 4.02. The second-order valence-corrected chi connectivity index (χ2v) is 8.14. The number of nitrogens with one attached hydrogen (secondary N) is 2. The Morgan fingerprint density at radius 2 is 1.65 bits per heavy atom. The summed E-state index contributed by atoms with van der Waals surface area (Å²) in [5.74, 6) is 1.34. The van der Waals surface area contributed by atoms with E-state index in [1.807, 2.05) is 30.3 Å². The van der Waals surface area contributed by atoms with Crippen LogP contribution < -0.4 is 10.6 Å². The lowest BCUT2D eigenvalue weighted by molar-refractivity contribution is 0.173. The first-order chi connectivity index (χ1) is 12.0. The molecule has 1 rings (SSSR count). The molecule has 1 aromatic rings. The molecule has 150 valence electrons. The van der Waals surface area contributed by atoms with Gasteiger partial charge in [-0.2, -0.15) is 0 Å². The van der Waals surface area contributed by atoms with Crippen molar-refractivity contribution in [1.29, 1.82) is 0 Å². The van der Waals surface area contributed by atoms with Crippen molar-refractivity contribution in [3.63, 3.8) is 0 Å². The van der Waals surface area contributed by atoms with Crippen molar-refractivity contribution < 1.29 is 4.21 Å². The highest BCUT2D eigenvalue weighted by Crippen LogP contribution is 2.05. The number of aliphatic imine (C=N–C) groups is 1. The second-order valence-electron chi connectivity index (χ2n) is 6.57. The van der Waals surface area contributed by atoms with Crippen LogP contribution in [0.25, 0.3) is 0 Å². The first kappa shape index (κ1) is 25.3. The summed E-state index contributed by atoms with van der Waals surface area (Å²) in [7, 11) is 0.784. The minimum atomic E-state index is -0.978. The third kappa shape index (κ3) is 9.87. The van der Waals surface area contributed by atoms with Gasteiger partial charge in [0.2, 0.25) is 0 Å². The summed E-state index contributed by atoms with van der Waals surface area (Å²) >= 11 is 0. The first-order valence-electron chi connectivity index (χ1n) is 9.09. The van der Waals surface area contributed by atoms with Gasteiger partial charge >= 0.3 is 0 Å². The molecule has 0 aliphatic rings. The van der Waals surface area contributed by atoms with Crippen LogP contribution in [-0.2, 0) is 10.8 Å². The van der Waals surface area contributed by atoms with E-state index < -0.39 is 10.8 Å². The molecular formula is C19H35IN4OS. The molecule has 0 aliphatic heterocycles. The van der Waals surface area contributed by atoms with E-state index >= 15 is 0 Å². The molecule has 26 heavy (non-hydrogen) atoms. The van der Waals surface area contributed by atoms with Crippen molar-refractivity contribution in [2.45, 2.75) is 51.1 Å². The molecule has 1 unspecified atom stereocenters. The summed E-state index contributed by atoms with van der Waals surface area (Å²) in [5, 5.41) is 6.57. The summed E-state index contributed by atoms with van der Waals surface area (Å²) < 4.78 is 12.2. The van der Waals surface area contributed by atoms with Crippen LogP contribution in [0.15, 0.2) is 40.2 Å². The highest BCUT2D eigenvalue weighted by molar-refractivity contribution is 14.0. The quantitative estimate of drug-likeness (QED) is 0.227. The number of rotatable bonds is 10. The van der Waals surface area contributed by atoms with Crippen molar-refractivity contribution in [2.24, 2.45) is 4.99 Å². The maximum absolute atomic E-state index is 12.2. The van der Waals surface area contributed by atoms with Crippen LogP contribution >= 0.6 is 24.0 Å². The summed E-state index contributed by atoms with van der Waals surface area (Å²) in [6.07, 6.45) is 1.06. The highest BCUT2D eigenvalue weighted by Gasteiger charge is 2.12. The van der Waals surface area contributed by atoms with Gasteiger partial charge in [0, 0.05) is 49.4 Å². The predicted molar refractivity (Wildman–Crippen MR) is 124 cm³/mol. The number of hydrogen-bond acceptors (Lipinski definition) is 3. The smallest absolute Gasteiger partial charge is 0.191 e. The summed E-state index contributed by atoms with van der Waals surface area (Å²) in [4.78, 5) is 7.58. The Morgan fingerprint density at radius 1 is 1.08 bits per heavy atom. The Hall–Kier alpha value is -0.670. The Labute approximate surface area is 178 Å². The van der Waals surface area contributed by atoms with Crippen LogP contribution in [0, 0.1) is 0 Å². The number of hydrogen-bond donors (Lipinski definition) is 2. The van der Waals surface area contributed by atoms with Crippen LogP contribution in [0.4, 0.5) is 0 Å². The maximum atomic E-state index is 12.2. The van der Waals surface area contributed by atoms with Crippen molar-refractivity contribution in [3.05, 3.63) is 30.3 Å².